The molecule has 0 aliphatic rings. The van der Waals surface area contributed by atoms with Crippen LogP contribution in [0.3, 0.4) is 0 Å². The first-order chi connectivity index (χ1) is 20.3. The molecule has 18 heteroatoms. The zero-order valence-corrected chi connectivity index (χ0v) is 36.6. The summed E-state index contributed by atoms with van der Waals surface area (Å²) < 4.78 is 50.1. The lowest BCUT2D eigenvalue weighted by molar-refractivity contribution is -0.0674. The minimum absolute atomic E-state index is 0.00728. The van der Waals surface area contributed by atoms with Gasteiger partial charge in [0, 0.05) is 6.61 Å². The summed E-state index contributed by atoms with van der Waals surface area (Å²) in [5.41, 5.74) is 0. The Hall–Kier alpha value is 0.821. The van der Waals surface area contributed by atoms with Crippen molar-refractivity contribution >= 4 is 50.9 Å². The number of rotatable bonds is 27. The summed E-state index contributed by atoms with van der Waals surface area (Å²) in [6.07, 6.45) is -1.07. The fourth-order valence-corrected chi connectivity index (χ4v) is 34.4. The minimum atomic E-state index is -2.68. The van der Waals surface area contributed by atoms with E-state index in [1.807, 2.05) is 0 Å². The molecule has 272 valence electrons. The lowest BCUT2D eigenvalue weighted by Crippen LogP contribution is -2.61. The van der Waals surface area contributed by atoms with Crippen molar-refractivity contribution in [3.05, 3.63) is 0 Å². The molecule has 0 bridgehead atoms. The molecule has 0 aromatic rings. The molecule has 4 N–H and O–H groups in total. The maximum Gasteiger partial charge on any atom is 0.317 e. The van der Waals surface area contributed by atoms with Gasteiger partial charge in [-0.3, -0.25) is 0 Å². The maximum absolute atomic E-state index is 10.2. The van der Waals surface area contributed by atoms with Gasteiger partial charge in [0.2, 0.25) is 0 Å². The molecule has 12 nitrogen and oxygen atoms in total. The maximum atomic E-state index is 10.2. The molecule has 0 fully saturated rings. The van der Waals surface area contributed by atoms with Gasteiger partial charge in [-0.05, 0) is 97.1 Å². The van der Waals surface area contributed by atoms with Crippen LogP contribution in [0.2, 0.25) is 90.7 Å². The molecule has 0 amide bonds. The zero-order valence-electron chi connectivity index (χ0n) is 30.6. The van der Waals surface area contributed by atoms with Crippen molar-refractivity contribution in [1.29, 1.82) is 0 Å². The zero-order chi connectivity index (χ0) is 35.2. The van der Waals surface area contributed by atoms with Crippen molar-refractivity contribution < 1.29 is 55.2 Å². The molecule has 45 heavy (non-hydrogen) atoms. The summed E-state index contributed by atoms with van der Waals surface area (Å²) in [6.45, 7) is 27.9. The lowest BCUT2D eigenvalue weighted by atomic mass is 10.4. The second kappa shape index (κ2) is 20.5. The summed E-state index contributed by atoms with van der Waals surface area (Å²) in [4.78, 5) is 0. The molecular formula is C27H68O12Si6. The van der Waals surface area contributed by atoms with Crippen molar-refractivity contribution in [2.24, 2.45) is 0 Å². The van der Waals surface area contributed by atoms with Crippen LogP contribution < -0.4 is 0 Å². The van der Waals surface area contributed by atoms with Gasteiger partial charge in [-0.1, -0.05) is 13.3 Å². The highest BCUT2D eigenvalue weighted by Crippen LogP contribution is 2.32. The molecule has 0 rings (SSSR count). The Morgan fingerprint density at radius 2 is 0.911 bits per heavy atom. The molecule has 0 spiro atoms. The largest absolute Gasteiger partial charge is 0.437 e. The van der Waals surface area contributed by atoms with Crippen molar-refractivity contribution in [3.8, 4) is 0 Å². The van der Waals surface area contributed by atoms with Gasteiger partial charge >= 0.3 is 34.2 Å². The van der Waals surface area contributed by atoms with Crippen LogP contribution in [0.5, 0.6) is 0 Å². The fourth-order valence-electron chi connectivity index (χ4n) is 5.24. The van der Waals surface area contributed by atoms with Crippen LogP contribution in [0.15, 0.2) is 0 Å². The first kappa shape index (κ1) is 45.8. The molecule has 0 aromatic heterocycles. The average molecular weight is 753 g/mol. The summed E-state index contributed by atoms with van der Waals surface area (Å²) in [5.74, 6) is 0. The fraction of sp³-hybridized carbons (Fsp3) is 1.00. The standard InChI is InChI=1S/C27H68O12Si6/c1-14-17-44(12,38-43(10,11)37-42(8,9)35-40(2,3)4)39-45(13,36-41(5,6)7)18-15-16-32-21-26(30)22-34-24-27(31)23-33-20-25(29)19-28/h25-31H,14-24H2,1-13H3. The van der Waals surface area contributed by atoms with Crippen LogP contribution in [-0.4, -0.2) is 136 Å². The van der Waals surface area contributed by atoms with Gasteiger partial charge in [0.25, 0.3) is 0 Å². The third-order valence-corrected chi connectivity index (χ3v) is 28.2. The highest BCUT2D eigenvalue weighted by molar-refractivity contribution is 6.91. The molecule has 0 aliphatic heterocycles. The third-order valence-electron chi connectivity index (χ3n) is 5.84. The van der Waals surface area contributed by atoms with E-state index in [9.17, 15) is 15.3 Å². The molecule has 5 atom stereocenters. The van der Waals surface area contributed by atoms with E-state index < -0.39 is 75.8 Å². The van der Waals surface area contributed by atoms with Crippen LogP contribution in [-0.2, 0) is 34.8 Å². The molecule has 0 saturated carbocycles. The summed E-state index contributed by atoms with van der Waals surface area (Å²) in [5, 5.41) is 38.1. The smallest absolute Gasteiger partial charge is 0.317 e. The van der Waals surface area contributed by atoms with Gasteiger partial charge in [0.15, 0.2) is 16.6 Å². The van der Waals surface area contributed by atoms with E-state index in [0.29, 0.717) is 13.0 Å². The van der Waals surface area contributed by atoms with Crippen molar-refractivity contribution in [3.63, 3.8) is 0 Å². The van der Waals surface area contributed by atoms with Crippen LogP contribution in [0.25, 0.3) is 0 Å². The molecule has 0 aromatic carbocycles. The van der Waals surface area contributed by atoms with Crippen molar-refractivity contribution in [2.75, 3.05) is 46.2 Å². The van der Waals surface area contributed by atoms with E-state index in [0.717, 1.165) is 18.5 Å². The first-order valence-electron chi connectivity index (χ1n) is 16.2. The Labute approximate surface area is 280 Å². The second-order valence-electron chi connectivity index (χ2n) is 14.9. The van der Waals surface area contributed by atoms with Gasteiger partial charge < -0.3 is 55.2 Å². The molecular weight excluding hydrogens is 685 g/mol. The Morgan fingerprint density at radius 1 is 0.489 bits per heavy atom. The number of hydrogen-bond donors (Lipinski definition) is 4. The highest BCUT2D eigenvalue weighted by atomic mass is 28.5. The quantitative estimate of drug-likeness (QED) is 0.0702. The summed E-state index contributed by atoms with van der Waals surface area (Å²) >= 11 is 0. The third kappa shape index (κ3) is 24.6. The highest BCUT2D eigenvalue weighted by Gasteiger charge is 2.49. The SMILES string of the molecule is CCC[Si](C)(O[Si](C)(C)O[Si](C)(C)O[Si](C)(C)C)O[Si](C)(CCCOCC(O)COCC(O)COCC(O)CO)O[Si](C)(C)C. The van der Waals surface area contributed by atoms with Crippen LogP contribution in [0.4, 0.5) is 0 Å². The Bertz CT molecular complexity index is 801. The second-order valence-corrected chi connectivity index (χ2v) is 38.6. The first-order valence-corrected chi connectivity index (χ1v) is 33.7. The molecule has 0 saturated heterocycles. The molecule has 0 heterocycles. The Morgan fingerprint density at radius 3 is 1.36 bits per heavy atom. The number of aliphatic hydroxyl groups excluding tert-OH is 4. The molecule has 5 unspecified atom stereocenters. The Balaban J connectivity index is 5.07. The molecule has 0 aliphatic carbocycles. The van der Waals surface area contributed by atoms with Gasteiger partial charge in [0.1, 0.15) is 18.3 Å². The van der Waals surface area contributed by atoms with E-state index in [1.54, 1.807) is 0 Å². The van der Waals surface area contributed by atoms with Crippen molar-refractivity contribution in [2.45, 2.75) is 129 Å². The van der Waals surface area contributed by atoms with Crippen LogP contribution >= 0.6 is 0 Å². The Kier molecular flexibility index (Phi) is 20.9. The normalized spacial score (nSPS) is 18.3. The van der Waals surface area contributed by atoms with E-state index in [1.165, 1.54) is 0 Å². The predicted octanol–water partition coefficient (Wildman–Crippen LogP) is 4.21. The van der Waals surface area contributed by atoms with E-state index in [-0.39, 0.29) is 33.0 Å². The van der Waals surface area contributed by atoms with Crippen molar-refractivity contribution in [1.82, 2.24) is 0 Å². The summed E-state index contributed by atoms with van der Waals surface area (Å²) in [7, 11) is -14.0. The lowest BCUT2D eigenvalue weighted by Gasteiger charge is -2.44. The number of hydrogen-bond acceptors (Lipinski definition) is 12. The average Bonchev–Trinajstić information content (AvgIpc) is 2.79. The van der Waals surface area contributed by atoms with Gasteiger partial charge in [-0.15, -0.1) is 0 Å². The van der Waals surface area contributed by atoms with Gasteiger partial charge in [-0.2, -0.15) is 0 Å². The van der Waals surface area contributed by atoms with E-state index in [4.69, 9.17) is 39.9 Å². The number of aliphatic hydroxyl groups is 4. The van der Waals surface area contributed by atoms with E-state index in [2.05, 4.69) is 85.5 Å². The topological polar surface area (TPSA) is 155 Å². The van der Waals surface area contributed by atoms with Gasteiger partial charge in [-0.25, -0.2) is 0 Å². The molecule has 0 radical (unpaired) electrons. The monoisotopic (exact) mass is 752 g/mol. The van der Waals surface area contributed by atoms with Crippen LogP contribution in [0, 0.1) is 0 Å². The minimum Gasteiger partial charge on any atom is -0.437 e. The predicted molar refractivity (Wildman–Crippen MR) is 192 cm³/mol. The van der Waals surface area contributed by atoms with Crippen LogP contribution in [0.1, 0.15) is 19.8 Å². The van der Waals surface area contributed by atoms with E-state index >= 15 is 0 Å². The van der Waals surface area contributed by atoms with Gasteiger partial charge in [0.05, 0.1) is 39.6 Å². The summed E-state index contributed by atoms with van der Waals surface area (Å²) in [6, 6.07) is 1.58. The number of ether oxygens (including phenoxy) is 3.